The van der Waals surface area contributed by atoms with Crippen LogP contribution >= 0.6 is 0 Å². The highest BCUT2D eigenvalue weighted by molar-refractivity contribution is 5.74. The molecule has 0 atom stereocenters. The maximum atomic E-state index is 12.0. The van der Waals surface area contributed by atoms with Crippen LogP contribution in [-0.2, 0) is 6.42 Å². The van der Waals surface area contributed by atoms with E-state index < -0.39 is 0 Å². The molecule has 5 nitrogen and oxygen atoms in total. The first-order valence-corrected chi connectivity index (χ1v) is 6.77. The fourth-order valence-corrected chi connectivity index (χ4v) is 2.13. The molecule has 1 aromatic heterocycles. The Kier molecular flexibility index (Phi) is 4.74. The van der Waals surface area contributed by atoms with Gasteiger partial charge < -0.3 is 15.3 Å². The van der Waals surface area contributed by atoms with Crippen molar-refractivity contribution in [1.29, 1.82) is 0 Å². The number of carbonyl (C=O) groups excluding carboxylic acids is 1. The molecular weight excluding hydrogens is 242 g/mol. The Morgan fingerprint density at radius 1 is 1.58 bits per heavy atom. The van der Waals surface area contributed by atoms with Crippen molar-refractivity contribution in [2.24, 2.45) is 0 Å². The van der Waals surface area contributed by atoms with E-state index in [0.29, 0.717) is 19.1 Å². The zero-order valence-electron chi connectivity index (χ0n) is 11.3. The number of aromatic nitrogens is 1. The number of aryl methyl sites for hydroxylation is 1. The average Bonchev–Trinajstić information content (AvgIpc) is 3.22. The molecule has 0 unspecified atom stereocenters. The number of hydrogen-bond acceptors (Lipinski definition) is 3. The second kappa shape index (κ2) is 6.52. The van der Waals surface area contributed by atoms with E-state index in [0.717, 1.165) is 24.8 Å². The first-order valence-electron chi connectivity index (χ1n) is 6.77. The van der Waals surface area contributed by atoms with Crippen LogP contribution in [0.3, 0.4) is 0 Å². The number of rotatable bonds is 6. The predicted octanol–water partition coefficient (Wildman–Crippen LogP) is 1.10. The van der Waals surface area contributed by atoms with Crippen LogP contribution in [0.4, 0.5) is 4.79 Å². The van der Waals surface area contributed by atoms with Crippen LogP contribution < -0.4 is 5.32 Å². The zero-order chi connectivity index (χ0) is 13.7. The van der Waals surface area contributed by atoms with Gasteiger partial charge in [0.05, 0.1) is 6.61 Å². The number of nitrogens with zero attached hydrogens (tertiary/aromatic N) is 2. The van der Waals surface area contributed by atoms with Crippen LogP contribution in [0, 0.1) is 6.92 Å². The lowest BCUT2D eigenvalue weighted by Crippen LogP contribution is -2.43. The van der Waals surface area contributed by atoms with Gasteiger partial charge in [-0.15, -0.1) is 0 Å². The van der Waals surface area contributed by atoms with Crippen molar-refractivity contribution in [2.45, 2.75) is 32.2 Å². The summed E-state index contributed by atoms with van der Waals surface area (Å²) in [6.07, 6.45) is 6.51. The Morgan fingerprint density at radius 3 is 3.00 bits per heavy atom. The summed E-state index contributed by atoms with van der Waals surface area (Å²) in [4.78, 5) is 17.8. The summed E-state index contributed by atoms with van der Waals surface area (Å²) in [7, 11) is 0. The van der Waals surface area contributed by atoms with Gasteiger partial charge in [0.25, 0.3) is 0 Å². The van der Waals surface area contributed by atoms with E-state index in [9.17, 15) is 4.79 Å². The third kappa shape index (κ3) is 3.92. The van der Waals surface area contributed by atoms with Gasteiger partial charge in [0.2, 0.25) is 0 Å². The Morgan fingerprint density at radius 2 is 2.37 bits per heavy atom. The molecule has 0 saturated heterocycles. The zero-order valence-corrected chi connectivity index (χ0v) is 11.3. The molecule has 1 aliphatic rings. The van der Waals surface area contributed by atoms with Gasteiger partial charge in [0.15, 0.2) is 0 Å². The monoisotopic (exact) mass is 263 g/mol. The number of urea groups is 1. The maximum absolute atomic E-state index is 12.0. The molecule has 104 valence electrons. The first kappa shape index (κ1) is 13.8. The molecule has 2 rings (SSSR count). The van der Waals surface area contributed by atoms with Gasteiger partial charge in [-0.1, -0.05) is 0 Å². The van der Waals surface area contributed by atoms with Crippen molar-refractivity contribution in [3.63, 3.8) is 0 Å². The highest BCUT2D eigenvalue weighted by Crippen LogP contribution is 2.26. The number of carbonyl (C=O) groups is 1. The lowest BCUT2D eigenvalue weighted by molar-refractivity contribution is 0.174. The molecule has 1 heterocycles. The Balaban J connectivity index is 1.78. The Hall–Kier alpha value is -1.62. The van der Waals surface area contributed by atoms with Crippen LogP contribution in [0.25, 0.3) is 0 Å². The SMILES string of the molecule is Cc1cnccc1CCNC(=O)N(CCO)C1CC1. The van der Waals surface area contributed by atoms with Crippen molar-refractivity contribution >= 4 is 6.03 Å². The van der Waals surface area contributed by atoms with Gasteiger partial charge >= 0.3 is 6.03 Å². The second-order valence-electron chi connectivity index (χ2n) is 4.93. The summed E-state index contributed by atoms with van der Waals surface area (Å²) < 4.78 is 0. The summed E-state index contributed by atoms with van der Waals surface area (Å²) in [5, 5.41) is 11.9. The van der Waals surface area contributed by atoms with E-state index in [1.54, 1.807) is 11.1 Å². The third-order valence-corrected chi connectivity index (χ3v) is 3.40. The summed E-state index contributed by atoms with van der Waals surface area (Å²) >= 11 is 0. The lowest BCUT2D eigenvalue weighted by atomic mass is 10.1. The van der Waals surface area contributed by atoms with Crippen molar-refractivity contribution in [1.82, 2.24) is 15.2 Å². The summed E-state index contributed by atoms with van der Waals surface area (Å²) in [6.45, 7) is 3.07. The Bertz CT molecular complexity index is 432. The Labute approximate surface area is 113 Å². The smallest absolute Gasteiger partial charge is 0.317 e. The molecule has 0 aromatic carbocycles. The van der Waals surface area contributed by atoms with Crippen molar-refractivity contribution in [3.05, 3.63) is 29.6 Å². The fraction of sp³-hybridized carbons (Fsp3) is 0.571. The van der Waals surface area contributed by atoms with E-state index in [2.05, 4.69) is 10.3 Å². The van der Waals surface area contributed by atoms with Crippen LogP contribution in [0.2, 0.25) is 0 Å². The molecule has 0 radical (unpaired) electrons. The van der Waals surface area contributed by atoms with Gasteiger partial charge in [-0.2, -0.15) is 0 Å². The summed E-state index contributed by atoms with van der Waals surface area (Å²) in [6, 6.07) is 2.24. The summed E-state index contributed by atoms with van der Waals surface area (Å²) in [5.41, 5.74) is 2.35. The normalized spacial score (nSPS) is 14.2. The summed E-state index contributed by atoms with van der Waals surface area (Å²) in [5.74, 6) is 0. The van der Waals surface area contributed by atoms with Crippen LogP contribution in [-0.4, -0.2) is 46.8 Å². The molecule has 1 aliphatic carbocycles. The van der Waals surface area contributed by atoms with Crippen LogP contribution in [0.5, 0.6) is 0 Å². The maximum Gasteiger partial charge on any atom is 0.317 e. The van der Waals surface area contributed by atoms with Gasteiger partial charge in [0.1, 0.15) is 0 Å². The van der Waals surface area contributed by atoms with E-state index >= 15 is 0 Å². The standard InChI is InChI=1S/C14H21N3O2/c1-11-10-15-6-4-12(11)5-7-16-14(19)17(8-9-18)13-2-3-13/h4,6,10,13,18H,2-3,5,7-9H2,1H3,(H,16,19). The average molecular weight is 263 g/mol. The molecule has 2 amide bonds. The van der Waals surface area contributed by atoms with Crippen molar-refractivity contribution in [2.75, 3.05) is 19.7 Å². The number of aliphatic hydroxyl groups excluding tert-OH is 1. The second-order valence-corrected chi connectivity index (χ2v) is 4.93. The number of nitrogens with one attached hydrogen (secondary N) is 1. The highest BCUT2D eigenvalue weighted by Gasteiger charge is 2.31. The van der Waals surface area contributed by atoms with E-state index in [1.165, 1.54) is 5.56 Å². The molecule has 5 heteroatoms. The molecule has 0 spiro atoms. The predicted molar refractivity (Wildman–Crippen MR) is 72.9 cm³/mol. The number of hydrogen-bond donors (Lipinski definition) is 2. The molecule has 1 aromatic rings. The first-order chi connectivity index (χ1) is 9.22. The minimum absolute atomic E-state index is 0.0212. The topological polar surface area (TPSA) is 65.5 Å². The van der Waals surface area contributed by atoms with Crippen LogP contribution in [0.1, 0.15) is 24.0 Å². The fourth-order valence-electron chi connectivity index (χ4n) is 2.13. The molecule has 0 bridgehead atoms. The number of amides is 2. The van der Waals surface area contributed by atoms with E-state index in [1.807, 2.05) is 19.2 Å². The minimum Gasteiger partial charge on any atom is -0.395 e. The quantitative estimate of drug-likeness (QED) is 0.807. The van der Waals surface area contributed by atoms with Gasteiger partial charge in [0, 0.05) is 31.5 Å². The molecule has 2 N–H and O–H groups in total. The van der Waals surface area contributed by atoms with E-state index in [-0.39, 0.29) is 12.6 Å². The van der Waals surface area contributed by atoms with Gasteiger partial charge in [-0.25, -0.2) is 4.79 Å². The minimum atomic E-state index is -0.0664. The largest absolute Gasteiger partial charge is 0.395 e. The molecule has 19 heavy (non-hydrogen) atoms. The van der Waals surface area contributed by atoms with Crippen molar-refractivity contribution in [3.8, 4) is 0 Å². The molecule has 0 aliphatic heterocycles. The van der Waals surface area contributed by atoms with Crippen LogP contribution in [0.15, 0.2) is 18.5 Å². The number of aliphatic hydroxyl groups is 1. The molecule has 1 saturated carbocycles. The number of pyridine rings is 1. The third-order valence-electron chi connectivity index (χ3n) is 3.40. The lowest BCUT2D eigenvalue weighted by Gasteiger charge is -2.21. The molecule has 1 fully saturated rings. The highest BCUT2D eigenvalue weighted by atomic mass is 16.3. The van der Waals surface area contributed by atoms with Crippen molar-refractivity contribution < 1.29 is 9.90 Å². The van der Waals surface area contributed by atoms with E-state index in [4.69, 9.17) is 5.11 Å². The van der Waals surface area contributed by atoms with Gasteiger partial charge in [-0.05, 0) is 43.4 Å². The van der Waals surface area contributed by atoms with Gasteiger partial charge in [-0.3, -0.25) is 4.98 Å². The molecular formula is C14H21N3O2.